The Balaban J connectivity index is 3.38. The number of hydrogen-bond donors (Lipinski definition) is 1. The standard InChI is InChI=1S/C10H10F2O2/c1-6-3-4-7(9(12)8(6)11)10(2,14)5-13/h3-5,14H,1-2H3. The van der Waals surface area contributed by atoms with Crippen LogP contribution >= 0.6 is 0 Å². The van der Waals surface area contributed by atoms with Gasteiger partial charge in [-0.25, -0.2) is 8.78 Å². The molecule has 76 valence electrons. The summed E-state index contributed by atoms with van der Waals surface area (Å²) in [5, 5.41) is 9.42. The van der Waals surface area contributed by atoms with Gasteiger partial charge in [-0.05, 0) is 19.4 Å². The highest BCUT2D eigenvalue weighted by atomic mass is 19.2. The first-order valence-electron chi connectivity index (χ1n) is 4.04. The molecule has 0 aliphatic heterocycles. The van der Waals surface area contributed by atoms with Crippen LogP contribution in [0.1, 0.15) is 18.1 Å². The number of carbonyl (C=O) groups excluding carboxylic acids is 1. The van der Waals surface area contributed by atoms with E-state index >= 15 is 0 Å². The predicted octanol–water partition coefficient (Wildman–Crippen LogP) is 1.68. The molecule has 2 nitrogen and oxygen atoms in total. The van der Waals surface area contributed by atoms with Gasteiger partial charge in [0.15, 0.2) is 17.9 Å². The zero-order chi connectivity index (χ0) is 10.9. The van der Waals surface area contributed by atoms with Gasteiger partial charge in [0.25, 0.3) is 0 Å². The van der Waals surface area contributed by atoms with E-state index in [4.69, 9.17) is 0 Å². The molecule has 0 heterocycles. The Kier molecular flexibility index (Phi) is 2.66. The second-order valence-electron chi connectivity index (χ2n) is 3.32. The molecule has 0 fully saturated rings. The molecule has 1 atom stereocenters. The van der Waals surface area contributed by atoms with Crippen molar-refractivity contribution in [3.05, 3.63) is 34.9 Å². The van der Waals surface area contributed by atoms with E-state index in [2.05, 4.69) is 0 Å². The lowest BCUT2D eigenvalue weighted by Crippen LogP contribution is -2.25. The smallest absolute Gasteiger partial charge is 0.165 e. The first-order chi connectivity index (χ1) is 6.40. The molecule has 14 heavy (non-hydrogen) atoms. The van der Waals surface area contributed by atoms with E-state index in [9.17, 15) is 18.7 Å². The predicted molar refractivity (Wildman–Crippen MR) is 46.7 cm³/mol. The molecule has 1 N–H and O–H groups in total. The van der Waals surface area contributed by atoms with E-state index in [0.717, 1.165) is 6.92 Å². The van der Waals surface area contributed by atoms with E-state index in [0.29, 0.717) is 0 Å². The first kappa shape index (κ1) is 10.8. The van der Waals surface area contributed by atoms with Crippen LogP contribution in [-0.4, -0.2) is 11.4 Å². The Morgan fingerprint density at radius 2 is 1.93 bits per heavy atom. The highest BCUT2D eigenvalue weighted by Gasteiger charge is 2.27. The summed E-state index contributed by atoms with van der Waals surface area (Å²) in [5.74, 6) is -2.22. The normalized spacial score (nSPS) is 14.9. The van der Waals surface area contributed by atoms with Crippen LogP contribution < -0.4 is 0 Å². The number of benzene rings is 1. The van der Waals surface area contributed by atoms with E-state index in [1.54, 1.807) is 0 Å². The fourth-order valence-electron chi connectivity index (χ4n) is 1.10. The molecule has 0 spiro atoms. The molecule has 0 radical (unpaired) electrons. The van der Waals surface area contributed by atoms with Crippen LogP contribution in [0.15, 0.2) is 12.1 Å². The van der Waals surface area contributed by atoms with Crippen LogP contribution in [0.4, 0.5) is 8.78 Å². The third-order valence-corrected chi connectivity index (χ3v) is 2.05. The summed E-state index contributed by atoms with van der Waals surface area (Å²) in [7, 11) is 0. The van der Waals surface area contributed by atoms with Crippen molar-refractivity contribution in [3.8, 4) is 0 Å². The van der Waals surface area contributed by atoms with Crippen molar-refractivity contribution in [2.45, 2.75) is 19.4 Å². The van der Waals surface area contributed by atoms with Gasteiger partial charge in [0, 0.05) is 5.56 Å². The topological polar surface area (TPSA) is 37.3 Å². The summed E-state index contributed by atoms with van der Waals surface area (Å²) in [4.78, 5) is 10.4. The van der Waals surface area contributed by atoms with Gasteiger partial charge in [-0.1, -0.05) is 12.1 Å². The van der Waals surface area contributed by atoms with Gasteiger partial charge in [-0.2, -0.15) is 0 Å². The fraction of sp³-hybridized carbons (Fsp3) is 0.300. The van der Waals surface area contributed by atoms with Crippen LogP contribution in [0.3, 0.4) is 0 Å². The monoisotopic (exact) mass is 200 g/mol. The number of hydrogen-bond acceptors (Lipinski definition) is 2. The van der Waals surface area contributed by atoms with Crippen LogP contribution in [0.25, 0.3) is 0 Å². The van der Waals surface area contributed by atoms with Crippen molar-refractivity contribution >= 4 is 6.29 Å². The molecule has 0 saturated carbocycles. The Bertz CT molecular complexity index is 373. The molecule has 0 aliphatic rings. The van der Waals surface area contributed by atoms with Crippen molar-refractivity contribution in [1.82, 2.24) is 0 Å². The van der Waals surface area contributed by atoms with Crippen LogP contribution in [0, 0.1) is 18.6 Å². The first-order valence-corrected chi connectivity index (χ1v) is 4.04. The molecule has 1 unspecified atom stereocenters. The minimum Gasteiger partial charge on any atom is -0.378 e. The summed E-state index contributed by atoms with van der Waals surface area (Å²) in [6.45, 7) is 2.50. The molecule has 0 aliphatic carbocycles. The van der Waals surface area contributed by atoms with Gasteiger partial charge in [0.05, 0.1) is 0 Å². The molecular weight excluding hydrogens is 190 g/mol. The third kappa shape index (κ3) is 1.65. The quantitative estimate of drug-likeness (QED) is 0.737. The Morgan fingerprint density at radius 3 is 2.43 bits per heavy atom. The zero-order valence-electron chi connectivity index (χ0n) is 7.84. The summed E-state index contributed by atoms with van der Waals surface area (Å²) < 4.78 is 26.3. The number of halogens is 2. The molecule has 0 saturated heterocycles. The Morgan fingerprint density at radius 1 is 1.36 bits per heavy atom. The molecule has 0 aromatic heterocycles. The SMILES string of the molecule is Cc1ccc(C(C)(O)C=O)c(F)c1F. The Labute approximate surface area is 80.2 Å². The lowest BCUT2D eigenvalue weighted by Gasteiger charge is -2.17. The van der Waals surface area contributed by atoms with E-state index in [1.165, 1.54) is 19.1 Å². The second kappa shape index (κ2) is 3.46. The van der Waals surface area contributed by atoms with Gasteiger partial charge >= 0.3 is 0 Å². The summed E-state index contributed by atoms with van der Waals surface area (Å²) in [6, 6.07) is 2.51. The average Bonchev–Trinajstić information content (AvgIpc) is 2.14. The van der Waals surface area contributed by atoms with Gasteiger partial charge in [-0.15, -0.1) is 0 Å². The van der Waals surface area contributed by atoms with Crippen LogP contribution in [0.5, 0.6) is 0 Å². The van der Waals surface area contributed by atoms with Crippen LogP contribution in [0.2, 0.25) is 0 Å². The number of carbonyl (C=O) groups is 1. The van der Waals surface area contributed by atoms with E-state index in [-0.39, 0.29) is 17.4 Å². The largest absolute Gasteiger partial charge is 0.378 e. The summed E-state index contributed by atoms with van der Waals surface area (Å²) >= 11 is 0. The third-order valence-electron chi connectivity index (χ3n) is 2.05. The maximum atomic E-state index is 13.3. The highest BCUT2D eigenvalue weighted by molar-refractivity contribution is 5.65. The number of aryl methyl sites for hydroxylation is 1. The lowest BCUT2D eigenvalue weighted by molar-refractivity contribution is -0.123. The van der Waals surface area contributed by atoms with Gasteiger partial charge < -0.3 is 5.11 Å². The van der Waals surface area contributed by atoms with E-state index < -0.39 is 17.2 Å². The van der Waals surface area contributed by atoms with E-state index in [1.807, 2.05) is 0 Å². The maximum Gasteiger partial charge on any atom is 0.165 e. The minimum atomic E-state index is -1.99. The molecule has 0 bridgehead atoms. The second-order valence-corrected chi connectivity index (χ2v) is 3.32. The van der Waals surface area contributed by atoms with Gasteiger partial charge in [0.2, 0.25) is 0 Å². The van der Waals surface area contributed by atoms with Gasteiger partial charge in [0.1, 0.15) is 5.60 Å². The molecule has 1 rings (SSSR count). The molecule has 4 heteroatoms. The fourth-order valence-corrected chi connectivity index (χ4v) is 1.10. The average molecular weight is 200 g/mol. The Hall–Kier alpha value is -1.29. The van der Waals surface area contributed by atoms with Crippen LogP contribution in [-0.2, 0) is 10.4 Å². The maximum absolute atomic E-state index is 13.3. The number of aldehydes is 1. The van der Waals surface area contributed by atoms with Crippen molar-refractivity contribution in [2.75, 3.05) is 0 Å². The van der Waals surface area contributed by atoms with Crippen molar-refractivity contribution < 1.29 is 18.7 Å². The zero-order valence-corrected chi connectivity index (χ0v) is 7.84. The van der Waals surface area contributed by atoms with Crippen molar-refractivity contribution in [2.24, 2.45) is 0 Å². The van der Waals surface area contributed by atoms with Gasteiger partial charge in [-0.3, -0.25) is 4.79 Å². The summed E-state index contributed by atoms with van der Waals surface area (Å²) in [5.41, 5.74) is -2.21. The van der Waals surface area contributed by atoms with Crippen molar-refractivity contribution in [3.63, 3.8) is 0 Å². The molecule has 1 aromatic carbocycles. The molecular formula is C10H10F2O2. The number of aliphatic hydroxyl groups is 1. The highest BCUT2D eigenvalue weighted by Crippen LogP contribution is 2.24. The molecule has 1 aromatic rings. The lowest BCUT2D eigenvalue weighted by atomic mass is 9.96. The summed E-state index contributed by atoms with van der Waals surface area (Å²) in [6.07, 6.45) is 0.167. The minimum absolute atomic E-state index is 0.132. The van der Waals surface area contributed by atoms with Crippen molar-refractivity contribution in [1.29, 1.82) is 0 Å². The molecule has 0 amide bonds. The number of rotatable bonds is 2.